The number of nitrogen functional groups attached to an aromatic ring is 1. The van der Waals surface area contributed by atoms with E-state index in [1.165, 1.54) is 16.8 Å². The molecular weight excluding hydrogens is 464 g/mol. The first-order chi connectivity index (χ1) is 13.3. The van der Waals surface area contributed by atoms with Gasteiger partial charge in [-0.2, -0.15) is 5.10 Å². The van der Waals surface area contributed by atoms with Gasteiger partial charge in [-0.25, -0.2) is 13.1 Å². The van der Waals surface area contributed by atoms with Crippen LogP contribution in [0.25, 0.3) is 0 Å². The normalized spacial score (nSPS) is 11.4. The molecule has 0 atom stereocenters. The quantitative estimate of drug-likeness (QED) is 0.523. The molecule has 0 bridgehead atoms. The zero-order chi connectivity index (χ0) is 20.3. The third kappa shape index (κ3) is 4.08. The van der Waals surface area contributed by atoms with Gasteiger partial charge in [0.2, 0.25) is 15.7 Å². The molecule has 0 spiro atoms. The van der Waals surface area contributed by atoms with Gasteiger partial charge in [-0.3, -0.25) is 4.79 Å². The highest BCUT2D eigenvalue weighted by Crippen LogP contribution is 2.33. The minimum absolute atomic E-state index is 0.0736. The number of halogens is 1. The van der Waals surface area contributed by atoms with Crippen LogP contribution in [0.4, 0.5) is 11.5 Å². The van der Waals surface area contributed by atoms with Crippen molar-refractivity contribution in [2.24, 2.45) is 0 Å². The highest BCUT2D eigenvalue weighted by atomic mass is 79.9. The van der Waals surface area contributed by atoms with Crippen LogP contribution in [0.1, 0.15) is 0 Å². The fourth-order valence-electron chi connectivity index (χ4n) is 2.55. The van der Waals surface area contributed by atoms with E-state index >= 15 is 0 Å². The first kappa shape index (κ1) is 20.4. The molecule has 7 nitrogen and oxygen atoms in total. The summed E-state index contributed by atoms with van der Waals surface area (Å²) in [4.78, 5) is 12.4. The maximum Gasteiger partial charge on any atom is 0.246 e. The summed E-state index contributed by atoms with van der Waals surface area (Å²) in [7, 11) is -3.86. The van der Waals surface area contributed by atoms with Gasteiger partial charge >= 0.3 is 0 Å². The molecule has 0 radical (unpaired) electrons. The number of aromatic nitrogens is 2. The number of nitrogens with two attached hydrogens (primary N) is 1. The van der Waals surface area contributed by atoms with Gasteiger partial charge in [0, 0.05) is 4.47 Å². The molecule has 28 heavy (non-hydrogen) atoms. The Kier molecular flexibility index (Phi) is 6.11. The summed E-state index contributed by atoms with van der Waals surface area (Å²) in [6, 6.07) is 15.2. The maximum absolute atomic E-state index is 13.0. The van der Waals surface area contributed by atoms with Crippen molar-refractivity contribution < 1.29 is 13.2 Å². The largest absolute Gasteiger partial charge is 0.383 e. The van der Waals surface area contributed by atoms with Crippen LogP contribution in [0, 0.1) is 0 Å². The van der Waals surface area contributed by atoms with Gasteiger partial charge in [0.1, 0.15) is 22.3 Å². The number of nitrogens with one attached hydrogen (secondary N) is 1. The second-order valence-corrected chi connectivity index (χ2v) is 9.26. The lowest BCUT2D eigenvalue weighted by Crippen LogP contribution is -2.21. The molecule has 146 valence electrons. The molecule has 0 aliphatic carbocycles. The van der Waals surface area contributed by atoms with E-state index in [1.807, 2.05) is 6.07 Å². The molecule has 3 N–H and O–H groups in total. The summed E-state index contributed by atoms with van der Waals surface area (Å²) in [6.07, 6.45) is 1.71. The molecule has 0 unspecified atom stereocenters. The third-order valence-electron chi connectivity index (χ3n) is 3.87. The standard InChI is InChI=1S/C18H17BrN4O3S2/c1-27-18-16(28(25,26)12-7-3-2-4-8-12)17(20)23(22-18)11-15(24)21-14-10-6-5-9-13(14)19/h2-10H,11,20H2,1H3,(H,21,24). The molecule has 2 aromatic carbocycles. The summed E-state index contributed by atoms with van der Waals surface area (Å²) in [5.41, 5.74) is 6.69. The molecule has 3 aromatic rings. The van der Waals surface area contributed by atoms with Crippen LogP contribution in [-0.4, -0.2) is 30.4 Å². The lowest BCUT2D eigenvalue weighted by molar-refractivity contribution is -0.116. The van der Waals surface area contributed by atoms with E-state index in [0.717, 1.165) is 16.2 Å². The van der Waals surface area contributed by atoms with Crippen LogP contribution in [0.2, 0.25) is 0 Å². The van der Waals surface area contributed by atoms with Crippen molar-refractivity contribution in [2.75, 3.05) is 17.3 Å². The van der Waals surface area contributed by atoms with E-state index in [9.17, 15) is 13.2 Å². The Bertz CT molecular complexity index is 1120. The van der Waals surface area contributed by atoms with Gasteiger partial charge in [0.25, 0.3) is 0 Å². The van der Waals surface area contributed by atoms with Crippen LogP contribution in [0.5, 0.6) is 0 Å². The molecule has 10 heteroatoms. The van der Waals surface area contributed by atoms with Crippen molar-refractivity contribution in [3.8, 4) is 0 Å². The average molecular weight is 481 g/mol. The Labute approximate surface area is 175 Å². The van der Waals surface area contributed by atoms with E-state index in [4.69, 9.17) is 5.73 Å². The smallest absolute Gasteiger partial charge is 0.246 e. The monoisotopic (exact) mass is 480 g/mol. The Morgan fingerprint density at radius 1 is 1.18 bits per heavy atom. The summed E-state index contributed by atoms with van der Waals surface area (Å²) in [5, 5.41) is 7.22. The molecule has 0 saturated carbocycles. The highest BCUT2D eigenvalue weighted by molar-refractivity contribution is 9.10. The first-order valence-electron chi connectivity index (χ1n) is 8.09. The molecular formula is C18H17BrN4O3S2. The molecule has 1 heterocycles. The number of hydrogen-bond acceptors (Lipinski definition) is 6. The van der Waals surface area contributed by atoms with Gasteiger partial charge in [0.05, 0.1) is 10.6 Å². The zero-order valence-electron chi connectivity index (χ0n) is 14.8. The number of benzene rings is 2. The van der Waals surface area contributed by atoms with Gasteiger partial charge < -0.3 is 11.1 Å². The second-order valence-electron chi connectivity index (χ2n) is 5.73. The third-order valence-corrected chi connectivity index (χ3v) is 7.20. The average Bonchev–Trinajstić information content (AvgIpc) is 3.00. The summed E-state index contributed by atoms with van der Waals surface area (Å²) in [5.74, 6) is -0.451. The van der Waals surface area contributed by atoms with Gasteiger partial charge in [0.15, 0.2) is 0 Å². The number of hydrogen-bond donors (Lipinski definition) is 2. The minimum atomic E-state index is -3.86. The number of nitrogens with zero attached hydrogens (tertiary/aromatic N) is 2. The van der Waals surface area contributed by atoms with Crippen molar-refractivity contribution >= 4 is 54.9 Å². The summed E-state index contributed by atoms with van der Waals surface area (Å²) in [6.45, 7) is -0.217. The molecule has 0 aliphatic rings. The number of amides is 1. The van der Waals surface area contributed by atoms with E-state index in [2.05, 4.69) is 26.3 Å². The molecule has 0 aliphatic heterocycles. The molecule has 1 aromatic heterocycles. The number of carbonyl (C=O) groups excluding carboxylic acids is 1. The molecule has 3 rings (SSSR count). The SMILES string of the molecule is CSc1nn(CC(=O)Nc2ccccc2Br)c(N)c1S(=O)(=O)c1ccccc1. The Hall–Kier alpha value is -2.30. The number of anilines is 2. The van der Waals surface area contributed by atoms with Gasteiger partial charge in [-0.05, 0) is 46.5 Å². The van der Waals surface area contributed by atoms with Crippen LogP contribution in [-0.2, 0) is 21.2 Å². The lowest BCUT2D eigenvalue weighted by atomic mass is 10.3. The summed E-state index contributed by atoms with van der Waals surface area (Å²) < 4.78 is 28.0. The molecule has 0 saturated heterocycles. The Morgan fingerprint density at radius 2 is 1.82 bits per heavy atom. The maximum atomic E-state index is 13.0. The minimum Gasteiger partial charge on any atom is -0.383 e. The topological polar surface area (TPSA) is 107 Å². The van der Waals surface area contributed by atoms with E-state index in [0.29, 0.717) is 5.69 Å². The first-order valence-corrected chi connectivity index (χ1v) is 11.6. The van der Waals surface area contributed by atoms with Gasteiger partial charge in [-0.15, -0.1) is 11.8 Å². The van der Waals surface area contributed by atoms with Crippen molar-refractivity contribution in [3.63, 3.8) is 0 Å². The predicted octanol–water partition coefficient (Wildman–Crippen LogP) is 3.42. The number of sulfone groups is 1. The van der Waals surface area contributed by atoms with Crippen LogP contribution < -0.4 is 11.1 Å². The van der Waals surface area contributed by atoms with Crippen molar-refractivity contribution in [1.82, 2.24) is 9.78 Å². The van der Waals surface area contributed by atoms with Crippen LogP contribution >= 0.6 is 27.7 Å². The zero-order valence-corrected chi connectivity index (χ0v) is 18.0. The fourth-order valence-corrected chi connectivity index (χ4v) is 5.38. The number of carbonyl (C=O) groups is 1. The predicted molar refractivity (Wildman–Crippen MR) is 113 cm³/mol. The Morgan fingerprint density at radius 3 is 2.46 bits per heavy atom. The second kappa shape index (κ2) is 8.38. The van der Waals surface area contributed by atoms with Gasteiger partial charge in [-0.1, -0.05) is 30.3 Å². The molecule has 1 amide bonds. The lowest BCUT2D eigenvalue weighted by Gasteiger charge is -2.08. The highest BCUT2D eigenvalue weighted by Gasteiger charge is 2.29. The van der Waals surface area contributed by atoms with Crippen LogP contribution in [0.15, 0.2) is 73.9 Å². The summed E-state index contributed by atoms with van der Waals surface area (Å²) >= 11 is 4.51. The fraction of sp³-hybridized carbons (Fsp3) is 0.111. The van der Waals surface area contributed by atoms with E-state index in [1.54, 1.807) is 42.7 Å². The van der Waals surface area contributed by atoms with Crippen LogP contribution in [0.3, 0.4) is 0 Å². The number of rotatable bonds is 6. The van der Waals surface area contributed by atoms with Crippen molar-refractivity contribution in [2.45, 2.75) is 21.4 Å². The van der Waals surface area contributed by atoms with E-state index in [-0.39, 0.29) is 33.1 Å². The van der Waals surface area contributed by atoms with E-state index < -0.39 is 9.84 Å². The van der Waals surface area contributed by atoms with Crippen molar-refractivity contribution in [3.05, 3.63) is 59.1 Å². The molecule has 0 fully saturated rings. The Balaban J connectivity index is 1.92. The van der Waals surface area contributed by atoms with Crippen molar-refractivity contribution in [1.29, 1.82) is 0 Å². The number of para-hydroxylation sites is 1. The number of thioether (sulfide) groups is 1.